The maximum Gasteiger partial charge on any atom is 0.239 e. The molecule has 1 aromatic carbocycles. The van der Waals surface area contributed by atoms with Gasteiger partial charge in [0.05, 0.1) is 11.6 Å². The van der Waals surface area contributed by atoms with Crippen LogP contribution in [0.3, 0.4) is 0 Å². The van der Waals surface area contributed by atoms with Crippen molar-refractivity contribution in [3.8, 4) is 0 Å². The molecule has 1 aromatic rings. The van der Waals surface area contributed by atoms with Crippen LogP contribution in [0.15, 0.2) is 18.2 Å². The molecule has 0 heterocycles. The van der Waals surface area contributed by atoms with Gasteiger partial charge in [-0.25, -0.2) is 4.39 Å². The first-order valence-electron chi connectivity index (χ1n) is 4.03. The number of halogens is 2. The summed E-state index contributed by atoms with van der Waals surface area (Å²) in [7, 11) is 1.54. The molecule has 0 atom stereocenters. The third-order valence-corrected chi connectivity index (χ3v) is 1.94. The monoisotopic (exact) mass is 216 g/mol. The van der Waals surface area contributed by atoms with Crippen molar-refractivity contribution in [3.05, 3.63) is 29.0 Å². The molecule has 0 spiro atoms. The summed E-state index contributed by atoms with van der Waals surface area (Å²) in [5, 5.41) is 5.29. The Labute approximate surface area is 86.3 Å². The number of hydrogen-bond donors (Lipinski definition) is 2. The molecule has 0 saturated carbocycles. The van der Waals surface area contributed by atoms with Crippen molar-refractivity contribution in [3.63, 3.8) is 0 Å². The molecule has 3 nitrogen and oxygen atoms in total. The summed E-state index contributed by atoms with van der Waals surface area (Å²) >= 11 is 5.55. The lowest BCUT2D eigenvalue weighted by Gasteiger charge is -2.05. The van der Waals surface area contributed by atoms with Gasteiger partial charge in [0.15, 0.2) is 0 Å². The quantitative estimate of drug-likeness (QED) is 0.807. The summed E-state index contributed by atoms with van der Waals surface area (Å²) < 4.78 is 12.7. The van der Waals surface area contributed by atoms with E-state index >= 15 is 0 Å². The van der Waals surface area contributed by atoms with Crippen LogP contribution in [-0.4, -0.2) is 19.5 Å². The molecule has 0 aliphatic heterocycles. The van der Waals surface area contributed by atoms with E-state index in [0.29, 0.717) is 5.69 Å². The first kappa shape index (κ1) is 10.8. The Bertz CT molecular complexity index is 344. The van der Waals surface area contributed by atoms with E-state index in [9.17, 15) is 9.18 Å². The summed E-state index contributed by atoms with van der Waals surface area (Å²) in [5.41, 5.74) is 0.611. The maximum atomic E-state index is 12.7. The SMILES string of the molecule is CNC(=O)CNc1ccc(F)c(Cl)c1. The highest BCUT2D eigenvalue weighted by molar-refractivity contribution is 6.31. The van der Waals surface area contributed by atoms with Crippen molar-refractivity contribution >= 4 is 23.2 Å². The average molecular weight is 217 g/mol. The number of anilines is 1. The number of carbonyl (C=O) groups excluding carboxylic acids is 1. The third kappa shape index (κ3) is 2.88. The van der Waals surface area contributed by atoms with Gasteiger partial charge in [0.25, 0.3) is 0 Å². The molecule has 0 aliphatic rings. The molecule has 76 valence electrons. The Balaban J connectivity index is 2.60. The van der Waals surface area contributed by atoms with E-state index in [4.69, 9.17) is 11.6 Å². The highest BCUT2D eigenvalue weighted by Crippen LogP contribution is 2.18. The zero-order valence-corrected chi connectivity index (χ0v) is 8.36. The summed E-state index contributed by atoms with van der Waals surface area (Å²) in [5.74, 6) is -0.623. The molecule has 0 unspecified atom stereocenters. The van der Waals surface area contributed by atoms with Crippen molar-refractivity contribution in [2.75, 3.05) is 18.9 Å². The second-order valence-corrected chi connectivity index (χ2v) is 3.06. The zero-order valence-electron chi connectivity index (χ0n) is 7.60. The minimum atomic E-state index is -0.475. The molecule has 0 aliphatic carbocycles. The summed E-state index contributed by atoms with van der Waals surface area (Å²) in [6.45, 7) is 0.137. The zero-order chi connectivity index (χ0) is 10.6. The van der Waals surface area contributed by atoms with Crippen molar-refractivity contribution in [1.82, 2.24) is 5.32 Å². The van der Waals surface area contributed by atoms with E-state index in [-0.39, 0.29) is 17.5 Å². The highest BCUT2D eigenvalue weighted by atomic mass is 35.5. The van der Waals surface area contributed by atoms with Gasteiger partial charge in [-0.3, -0.25) is 4.79 Å². The summed E-state index contributed by atoms with van der Waals surface area (Å²) in [4.78, 5) is 10.9. The second kappa shape index (κ2) is 4.81. The number of hydrogen-bond acceptors (Lipinski definition) is 2. The topological polar surface area (TPSA) is 41.1 Å². The van der Waals surface area contributed by atoms with Crippen LogP contribution in [0.4, 0.5) is 10.1 Å². The highest BCUT2D eigenvalue weighted by Gasteiger charge is 2.01. The number of nitrogens with one attached hydrogen (secondary N) is 2. The van der Waals surface area contributed by atoms with Crippen LogP contribution in [0, 0.1) is 5.82 Å². The van der Waals surface area contributed by atoms with Crippen LogP contribution in [0.5, 0.6) is 0 Å². The first-order chi connectivity index (χ1) is 6.63. The fourth-order valence-electron chi connectivity index (χ4n) is 0.877. The number of rotatable bonds is 3. The van der Waals surface area contributed by atoms with Crippen molar-refractivity contribution in [2.24, 2.45) is 0 Å². The van der Waals surface area contributed by atoms with Crippen LogP contribution >= 0.6 is 11.6 Å². The molecule has 14 heavy (non-hydrogen) atoms. The lowest BCUT2D eigenvalue weighted by molar-refractivity contribution is -0.118. The molecule has 0 bridgehead atoms. The smallest absolute Gasteiger partial charge is 0.239 e. The first-order valence-corrected chi connectivity index (χ1v) is 4.41. The standard InChI is InChI=1S/C9H10ClFN2O/c1-12-9(14)5-13-6-2-3-8(11)7(10)4-6/h2-4,13H,5H2,1H3,(H,12,14). The van der Waals surface area contributed by atoms with Gasteiger partial charge in [-0.1, -0.05) is 11.6 Å². The minimum Gasteiger partial charge on any atom is -0.376 e. The predicted octanol–water partition coefficient (Wildman–Crippen LogP) is 1.64. The average Bonchev–Trinajstić information content (AvgIpc) is 2.19. The van der Waals surface area contributed by atoms with Gasteiger partial charge in [-0.15, -0.1) is 0 Å². The maximum absolute atomic E-state index is 12.7. The molecular formula is C9H10ClFN2O. The van der Waals surface area contributed by atoms with E-state index in [0.717, 1.165) is 0 Å². The van der Waals surface area contributed by atoms with Crippen LogP contribution in [0.25, 0.3) is 0 Å². The summed E-state index contributed by atoms with van der Waals surface area (Å²) in [6.07, 6.45) is 0. The van der Waals surface area contributed by atoms with Gasteiger partial charge in [0.2, 0.25) is 5.91 Å². The van der Waals surface area contributed by atoms with Gasteiger partial charge in [0.1, 0.15) is 5.82 Å². The number of carbonyl (C=O) groups is 1. The Morgan fingerprint density at radius 1 is 1.57 bits per heavy atom. The molecular weight excluding hydrogens is 207 g/mol. The number of amides is 1. The van der Waals surface area contributed by atoms with Crippen LogP contribution < -0.4 is 10.6 Å². The minimum absolute atomic E-state index is 0.0342. The van der Waals surface area contributed by atoms with Crippen molar-refractivity contribution in [1.29, 1.82) is 0 Å². The molecule has 0 aromatic heterocycles. The molecule has 0 radical (unpaired) electrons. The molecule has 0 saturated heterocycles. The predicted molar refractivity (Wildman–Crippen MR) is 54.0 cm³/mol. The largest absolute Gasteiger partial charge is 0.376 e. The molecule has 5 heteroatoms. The Morgan fingerprint density at radius 2 is 2.29 bits per heavy atom. The molecule has 1 rings (SSSR count). The van der Waals surface area contributed by atoms with Crippen molar-refractivity contribution in [2.45, 2.75) is 0 Å². The third-order valence-electron chi connectivity index (χ3n) is 1.65. The van der Waals surface area contributed by atoms with Crippen molar-refractivity contribution < 1.29 is 9.18 Å². The lowest BCUT2D eigenvalue weighted by Crippen LogP contribution is -2.26. The van der Waals surface area contributed by atoms with Crippen LogP contribution in [0.1, 0.15) is 0 Å². The lowest BCUT2D eigenvalue weighted by atomic mass is 10.3. The molecule has 0 fully saturated rings. The fourth-order valence-corrected chi connectivity index (χ4v) is 1.06. The van der Waals surface area contributed by atoms with Crippen LogP contribution in [-0.2, 0) is 4.79 Å². The van der Waals surface area contributed by atoms with Gasteiger partial charge in [-0.05, 0) is 18.2 Å². The summed E-state index contributed by atoms with van der Waals surface area (Å²) in [6, 6.07) is 4.19. The van der Waals surface area contributed by atoms with E-state index in [2.05, 4.69) is 10.6 Å². The molecule has 2 N–H and O–H groups in total. The normalized spacial score (nSPS) is 9.64. The number of benzene rings is 1. The Kier molecular flexibility index (Phi) is 3.71. The van der Waals surface area contributed by atoms with E-state index in [1.165, 1.54) is 18.2 Å². The van der Waals surface area contributed by atoms with Gasteiger partial charge in [-0.2, -0.15) is 0 Å². The van der Waals surface area contributed by atoms with E-state index in [1.807, 2.05) is 0 Å². The van der Waals surface area contributed by atoms with E-state index in [1.54, 1.807) is 7.05 Å². The second-order valence-electron chi connectivity index (χ2n) is 2.66. The number of likely N-dealkylation sites (N-methyl/N-ethyl adjacent to an activating group) is 1. The van der Waals surface area contributed by atoms with Gasteiger partial charge >= 0.3 is 0 Å². The van der Waals surface area contributed by atoms with E-state index < -0.39 is 5.82 Å². The van der Waals surface area contributed by atoms with Gasteiger partial charge < -0.3 is 10.6 Å². The van der Waals surface area contributed by atoms with Gasteiger partial charge in [0, 0.05) is 12.7 Å². The Hall–Kier alpha value is -1.29. The molecule has 1 amide bonds. The fraction of sp³-hybridized carbons (Fsp3) is 0.222. The Morgan fingerprint density at radius 3 is 2.86 bits per heavy atom. The van der Waals surface area contributed by atoms with Crippen LogP contribution in [0.2, 0.25) is 5.02 Å².